The van der Waals surface area contributed by atoms with Crippen LogP contribution in [0.25, 0.3) is 11.1 Å². The maximum Gasteiger partial charge on any atom is 4.00 e. The van der Waals surface area contributed by atoms with E-state index in [0.29, 0.717) is 0 Å². The molecule has 4 aromatic rings. The van der Waals surface area contributed by atoms with Crippen molar-refractivity contribution in [1.82, 2.24) is 0 Å². The Morgan fingerprint density at radius 1 is 0.667 bits per heavy atom. The van der Waals surface area contributed by atoms with Gasteiger partial charge in [0, 0.05) is 6.07 Å². The molecule has 0 fully saturated rings. The number of hydrogen-bond donors (Lipinski definition) is 0. The van der Waals surface area contributed by atoms with Crippen LogP contribution in [0.15, 0.2) is 78.9 Å². The van der Waals surface area contributed by atoms with Crippen LogP contribution in [0.5, 0.6) is 11.5 Å². The van der Waals surface area contributed by atoms with Gasteiger partial charge in [0.2, 0.25) is 0 Å². The predicted molar refractivity (Wildman–Crippen MR) is 138 cm³/mol. The van der Waals surface area contributed by atoms with Crippen molar-refractivity contribution in [2.24, 2.45) is 0 Å². The summed E-state index contributed by atoms with van der Waals surface area (Å²) in [5.74, 6) is 1.64. The Hall–Kier alpha value is -1.59. The summed E-state index contributed by atoms with van der Waals surface area (Å²) in [7, 11) is 1.95. The molecule has 0 aliphatic heterocycles. The van der Waals surface area contributed by atoms with Crippen molar-refractivity contribution < 1.29 is 68.4 Å². The van der Waals surface area contributed by atoms with Crippen molar-refractivity contribution in [3.63, 3.8) is 0 Å². The van der Waals surface area contributed by atoms with Crippen molar-refractivity contribution >= 4 is 19.2 Å². The zero-order valence-electron chi connectivity index (χ0n) is 21.2. The summed E-state index contributed by atoms with van der Waals surface area (Å²) in [5.41, 5.74) is 8.09. The van der Waals surface area contributed by atoms with Gasteiger partial charge in [-0.3, -0.25) is 0 Å². The summed E-state index contributed by atoms with van der Waals surface area (Å²) in [6, 6.07) is 29.4. The molecule has 0 saturated heterocycles. The van der Waals surface area contributed by atoms with E-state index in [-0.39, 0.29) is 58.9 Å². The summed E-state index contributed by atoms with van der Waals surface area (Å²) in [4.78, 5) is 0. The van der Waals surface area contributed by atoms with Gasteiger partial charge in [-0.2, -0.15) is 11.1 Å². The molecular formula is C29H31Cl3O2SiTi. The zero-order valence-corrected chi connectivity index (χ0v) is 26.2. The van der Waals surface area contributed by atoms with Gasteiger partial charge >= 0.3 is 21.7 Å². The first-order chi connectivity index (χ1) is 15.5. The molecule has 0 radical (unpaired) electrons. The largest absolute Gasteiger partial charge is 4.00 e. The molecule has 0 aromatic heterocycles. The van der Waals surface area contributed by atoms with E-state index in [9.17, 15) is 0 Å². The average Bonchev–Trinajstić information content (AvgIpc) is 3.06. The van der Waals surface area contributed by atoms with Gasteiger partial charge in [-0.25, -0.2) is 0 Å². The zero-order chi connectivity index (χ0) is 22.7. The Balaban J connectivity index is 0.00000306. The second-order valence-corrected chi connectivity index (χ2v) is 11.3. The molecule has 0 bridgehead atoms. The average molecular weight is 594 g/mol. The maximum atomic E-state index is 5.58. The van der Waals surface area contributed by atoms with Gasteiger partial charge in [-0.05, 0) is 0 Å². The van der Waals surface area contributed by atoms with Crippen LogP contribution in [0.1, 0.15) is 22.3 Å². The molecule has 0 N–H and O–H groups in total. The fourth-order valence-electron chi connectivity index (χ4n) is 4.71. The van der Waals surface area contributed by atoms with E-state index in [2.05, 4.69) is 93.6 Å². The molecule has 0 spiro atoms. The molecule has 0 atom stereocenters. The number of halogens is 3. The minimum Gasteiger partial charge on any atom is -1.00 e. The van der Waals surface area contributed by atoms with E-state index >= 15 is 0 Å². The van der Waals surface area contributed by atoms with Crippen molar-refractivity contribution in [2.45, 2.75) is 26.8 Å². The standard InChI is InChI=1S/C29H31O2Si.3ClH.Ti/c1-20-21(2)28(29(22(20)3)23-16-24(30-4)18-25(17-23)31-5)19-32(26-12-8-6-9-13-26)27-14-10-7-11-15-27;;;;/h6-18,32H,19H2,1-5H3;3*1H;/q-1;;;;+4/p-3. The van der Waals surface area contributed by atoms with Crippen LogP contribution in [0.4, 0.5) is 0 Å². The van der Waals surface area contributed by atoms with Gasteiger partial charge in [-0.15, -0.1) is 16.7 Å². The van der Waals surface area contributed by atoms with Crippen molar-refractivity contribution in [3.05, 3.63) is 101 Å². The Bertz CT molecular complexity index is 1150. The van der Waals surface area contributed by atoms with Crippen LogP contribution in [-0.4, -0.2) is 23.0 Å². The minimum atomic E-state index is -1.47. The fourth-order valence-corrected chi connectivity index (χ4v) is 7.86. The molecule has 2 nitrogen and oxygen atoms in total. The Morgan fingerprint density at radius 2 is 1.11 bits per heavy atom. The summed E-state index contributed by atoms with van der Waals surface area (Å²) in [6.07, 6.45) is 0. The van der Waals surface area contributed by atoms with E-state index < -0.39 is 8.80 Å². The van der Waals surface area contributed by atoms with Gasteiger partial charge in [0.1, 0.15) is 11.5 Å². The van der Waals surface area contributed by atoms with Crippen LogP contribution in [0.3, 0.4) is 0 Å². The summed E-state index contributed by atoms with van der Waals surface area (Å²) < 4.78 is 11.2. The van der Waals surface area contributed by atoms with Crippen molar-refractivity contribution in [1.29, 1.82) is 0 Å². The molecule has 0 heterocycles. The van der Waals surface area contributed by atoms with Crippen molar-refractivity contribution in [3.8, 4) is 22.6 Å². The number of ether oxygens (including phenoxy) is 2. The summed E-state index contributed by atoms with van der Waals surface area (Å²) in [6.45, 7) is 6.77. The molecule has 0 unspecified atom stereocenters. The molecule has 36 heavy (non-hydrogen) atoms. The molecule has 0 aliphatic carbocycles. The van der Waals surface area contributed by atoms with Crippen LogP contribution < -0.4 is 57.1 Å². The van der Waals surface area contributed by atoms with Crippen LogP contribution >= 0.6 is 0 Å². The predicted octanol–water partition coefficient (Wildman–Crippen LogP) is -3.85. The first-order valence-corrected chi connectivity index (χ1v) is 13.1. The number of methoxy groups -OCH3 is 2. The van der Waals surface area contributed by atoms with Crippen LogP contribution in [-0.2, 0) is 27.8 Å². The third-order valence-electron chi connectivity index (χ3n) is 6.71. The van der Waals surface area contributed by atoms with Gasteiger partial charge in [0.25, 0.3) is 0 Å². The van der Waals surface area contributed by atoms with Gasteiger partial charge in [-0.1, -0.05) is 116 Å². The van der Waals surface area contributed by atoms with Crippen LogP contribution in [0, 0.1) is 20.8 Å². The monoisotopic (exact) mass is 592 g/mol. The summed E-state index contributed by atoms with van der Waals surface area (Å²) in [5, 5.41) is 2.95. The maximum absolute atomic E-state index is 5.58. The Labute approximate surface area is 250 Å². The molecule has 4 rings (SSSR count). The first-order valence-electron chi connectivity index (χ1n) is 11.1. The van der Waals surface area contributed by atoms with E-state index in [4.69, 9.17) is 9.47 Å². The normalized spacial score (nSPS) is 9.83. The van der Waals surface area contributed by atoms with Crippen LogP contribution in [0.2, 0.25) is 0 Å². The van der Waals surface area contributed by atoms with Crippen molar-refractivity contribution in [2.75, 3.05) is 14.2 Å². The number of benzene rings is 3. The SMILES string of the molecule is COc1cc(OC)cc(-c2c(C)c(C)c(C)[c-]2C[SiH](c2ccccc2)c2ccccc2)c1.[Cl-].[Cl-].[Cl-].[Ti+4]. The first kappa shape index (κ1) is 34.4. The number of rotatable bonds is 7. The van der Waals surface area contributed by atoms with Gasteiger partial charge in [0.15, 0.2) is 0 Å². The topological polar surface area (TPSA) is 18.5 Å². The Kier molecular flexibility index (Phi) is 14.9. The second kappa shape index (κ2) is 15.6. The third kappa shape index (κ3) is 7.25. The quantitative estimate of drug-likeness (QED) is 0.162. The molecule has 0 saturated carbocycles. The molecule has 188 valence electrons. The van der Waals surface area contributed by atoms with E-state index in [0.717, 1.165) is 17.5 Å². The molecular weight excluding hydrogens is 563 g/mol. The molecule has 0 aliphatic rings. The van der Waals surface area contributed by atoms with E-state index in [1.54, 1.807) is 14.2 Å². The minimum absolute atomic E-state index is 0. The van der Waals surface area contributed by atoms with E-state index in [1.165, 1.54) is 43.8 Å². The molecule has 0 amide bonds. The third-order valence-corrected chi connectivity index (χ3v) is 9.90. The molecule has 4 aromatic carbocycles. The second-order valence-electron chi connectivity index (χ2n) is 8.41. The van der Waals surface area contributed by atoms with E-state index in [1.807, 2.05) is 6.07 Å². The smallest absolute Gasteiger partial charge is 1.00 e. The fraction of sp³-hybridized carbons (Fsp3) is 0.207. The van der Waals surface area contributed by atoms with Gasteiger partial charge < -0.3 is 46.7 Å². The number of hydrogen-bond acceptors (Lipinski definition) is 2. The van der Waals surface area contributed by atoms with Gasteiger partial charge in [0.05, 0.1) is 23.0 Å². The molecule has 7 heteroatoms. The summed E-state index contributed by atoms with van der Waals surface area (Å²) >= 11 is 0. The Morgan fingerprint density at radius 3 is 1.53 bits per heavy atom.